The van der Waals surface area contributed by atoms with Crippen molar-refractivity contribution in [2.24, 2.45) is 5.92 Å². The number of carbonyl (C=O) groups is 1. The average Bonchev–Trinajstić information content (AvgIpc) is 2.53. The lowest BCUT2D eigenvalue weighted by Crippen LogP contribution is -2.50. The Balaban J connectivity index is 1.48. The van der Waals surface area contributed by atoms with Crippen LogP contribution in [0.15, 0.2) is 0 Å². The van der Waals surface area contributed by atoms with E-state index in [0.29, 0.717) is 18.6 Å². The average molecular weight is 280 g/mol. The van der Waals surface area contributed by atoms with Crippen molar-refractivity contribution in [1.82, 2.24) is 10.2 Å². The lowest BCUT2D eigenvalue weighted by molar-refractivity contribution is -0.149. The number of nitrogens with one attached hydrogen (secondary N) is 1. The van der Waals surface area contributed by atoms with E-state index in [0.717, 1.165) is 19.4 Å². The molecule has 3 atom stereocenters. The van der Waals surface area contributed by atoms with Gasteiger partial charge in [-0.05, 0) is 58.2 Å². The Morgan fingerprint density at radius 1 is 1.05 bits per heavy atom. The summed E-state index contributed by atoms with van der Waals surface area (Å²) in [4.78, 5) is 14.7. The second-order valence-electron chi connectivity index (χ2n) is 6.63. The summed E-state index contributed by atoms with van der Waals surface area (Å²) in [6.45, 7) is 4.09. The molecule has 3 aliphatic heterocycles. The molecule has 0 aromatic heterocycles. The van der Waals surface area contributed by atoms with Crippen molar-refractivity contribution in [2.45, 2.75) is 63.5 Å². The van der Waals surface area contributed by atoms with Gasteiger partial charge in [-0.3, -0.25) is 9.69 Å². The van der Waals surface area contributed by atoms with Crippen molar-refractivity contribution in [3.8, 4) is 0 Å². The van der Waals surface area contributed by atoms with E-state index < -0.39 is 0 Å². The van der Waals surface area contributed by atoms with Gasteiger partial charge in [0, 0.05) is 12.0 Å². The maximum absolute atomic E-state index is 12.1. The predicted molar refractivity (Wildman–Crippen MR) is 78.5 cm³/mol. The van der Waals surface area contributed by atoms with Gasteiger partial charge in [-0.15, -0.1) is 0 Å². The molecule has 20 heavy (non-hydrogen) atoms. The predicted octanol–water partition coefficient (Wildman–Crippen LogP) is 1.94. The Morgan fingerprint density at radius 3 is 2.75 bits per heavy atom. The lowest BCUT2D eigenvalue weighted by atomic mass is 9.84. The summed E-state index contributed by atoms with van der Waals surface area (Å²) >= 11 is 0. The van der Waals surface area contributed by atoms with Crippen molar-refractivity contribution >= 4 is 5.97 Å². The van der Waals surface area contributed by atoms with Gasteiger partial charge in [0.15, 0.2) is 0 Å². The van der Waals surface area contributed by atoms with E-state index in [9.17, 15) is 4.79 Å². The third-order valence-electron chi connectivity index (χ3n) is 5.26. The lowest BCUT2D eigenvalue weighted by Gasteiger charge is -2.44. The maximum Gasteiger partial charge on any atom is 0.323 e. The van der Waals surface area contributed by atoms with E-state index >= 15 is 0 Å². The quantitative estimate of drug-likeness (QED) is 0.802. The van der Waals surface area contributed by atoms with Gasteiger partial charge in [0.25, 0.3) is 0 Å². The van der Waals surface area contributed by atoms with Crippen molar-refractivity contribution < 1.29 is 9.53 Å². The molecule has 1 N–H and O–H groups in total. The van der Waals surface area contributed by atoms with Gasteiger partial charge >= 0.3 is 5.97 Å². The fourth-order valence-corrected chi connectivity index (χ4v) is 4.11. The summed E-state index contributed by atoms with van der Waals surface area (Å²) < 4.78 is 5.64. The van der Waals surface area contributed by atoms with Gasteiger partial charge in [-0.1, -0.05) is 12.8 Å². The van der Waals surface area contributed by atoms with Gasteiger partial charge in [0.2, 0.25) is 0 Å². The molecule has 114 valence electrons. The Kier molecular flexibility index (Phi) is 4.94. The third-order valence-corrected chi connectivity index (χ3v) is 5.26. The number of carbonyl (C=O) groups excluding carboxylic acids is 1. The molecule has 3 saturated heterocycles. The Morgan fingerprint density at radius 2 is 1.90 bits per heavy atom. The van der Waals surface area contributed by atoms with Crippen LogP contribution < -0.4 is 5.32 Å². The molecule has 4 heteroatoms. The molecule has 3 aliphatic rings. The van der Waals surface area contributed by atoms with Crippen molar-refractivity contribution in [3.63, 3.8) is 0 Å². The molecule has 0 aromatic rings. The van der Waals surface area contributed by atoms with Gasteiger partial charge in [0.1, 0.15) is 6.04 Å². The number of nitrogens with zero attached hydrogens (tertiary/aromatic N) is 1. The summed E-state index contributed by atoms with van der Waals surface area (Å²) in [5.74, 6) is 0.550. The van der Waals surface area contributed by atoms with Crippen LogP contribution in [0.25, 0.3) is 0 Å². The topological polar surface area (TPSA) is 41.6 Å². The zero-order valence-corrected chi connectivity index (χ0v) is 12.5. The highest BCUT2D eigenvalue weighted by molar-refractivity contribution is 5.75. The first-order valence-corrected chi connectivity index (χ1v) is 8.48. The first-order chi connectivity index (χ1) is 9.84. The van der Waals surface area contributed by atoms with Crippen LogP contribution in [-0.2, 0) is 9.53 Å². The molecule has 0 spiro atoms. The highest BCUT2D eigenvalue weighted by Crippen LogP contribution is 2.31. The molecular formula is C16H28N2O2. The second kappa shape index (κ2) is 6.90. The number of hydrogen-bond acceptors (Lipinski definition) is 4. The van der Waals surface area contributed by atoms with Crippen LogP contribution in [0, 0.1) is 5.92 Å². The molecule has 0 saturated carbocycles. The van der Waals surface area contributed by atoms with Crippen molar-refractivity contribution in [1.29, 1.82) is 0 Å². The highest BCUT2D eigenvalue weighted by Gasteiger charge is 2.34. The van der Waals surface area contributed by atoms with Crippen LogP contribution in [0.5, 0.6) is 0 Å². The standard InChI is InChI=1S/C16H28N2O2/c19-16(14-7-1-3-9-17-14)20-12-13-6-5-11-18-10-4-2-8-15(13)18/h13-15,17H,1-12H2/t13-,14-,15+/m0/s1. The highest BCUT2D eigenvalue weighted by atomic mass is 16.5. The molecule has 3 heterocycles. The maximum atomic E-state index is 12.1. The number of esters is 1. The summed E-state index contributed by atoms with van der Waals surface area (Å²) in [7, 11) is 0. The van der Waals surface area contributed by atoms with Crippen LogP contribution in [0.2, 0.25) is 0 Å². The van der Waals surface area contributed by atoms with Gasteiger partial charge in [-0.2, -0.15) is 0 Å². The van der Waals surface area contributed by atoms with Crippen molar-refractivity contribution in [2.75, 3.05) is 26.2 Å². The van der Waals surface area contributed by atoms with Crippen LogP contribution in [0.1, 0.15) is 51.4 Å². The van der Waals surface area contributed by atoms with Gasteiger partial charge in [-0.25, -0.2) is 0 Å². The normalized spacial score (nSPS) is 35.3. The van der Waals surface area contributed by atoms with E-state index in [2.05, 4.69) is 10.2 Å². The monoisotopic (exact) mass is 280 g/mol. The summed E-state index contributed by atoms with van der Waals surface area (Å²) in [5, 5.41) is 3.28. The van der Waals surface area contributed by atoms with Crippen molar-refractivity contribution in [3.05, 3.63) is 0 Å². The first-order valence-electron chi connectivity index (χ1n) is 8.48. The Labute approximate surface area is 122 Å². The second-order valence-corrected chi connectivity index (χ2v) is 6.63. The minimum absolute atomic E-state index is 0.0161. The van der Waals surface area contributed by atoms with E-state index in [1.54, 1.807) is 0 Å². The Hall–Kier alpha value is -0.610. The fourth-order valence-electron chi connectivity index (χ4n) is 4.11. The van der Waals surface area contributed by atoms with Crippen LogP contribution in [-0.4, -0.2) is 49.2 Å². The zero-order valence-electron chi connectivity index (χ0n) is 12.5. The van der Waals surface area contributed by atoms with E-state index in [1.807, 2.05) is 0 Å². The molecule has 4 nitrogen and oxygen atoms in total. The molecule has 0 bridgehead atoms. The molecule has 0 aliphatic carbocycles. The van der Waals surface area contributed by atoms with Crippen LogP contribution >= 0.6 is 0 Å². The molecule has 3 fully saturated rings. The van der Waals surface area contributed by atoms with E-state index in [1.165, 1.54) is 51.6 Å². The number of piperidine rings is 3. The van der Waals surface area contributed by atoms with E-state index in [-0.39, 0.29) is 12.0 Å². The minimum atomic E-state index is -0.0465. The van der Waals surface area contributed by atoms with Crippen LogP contribution in [0.4, 0.5) is 0 Å². The third kappa shape index (κ3) is 3.34. The SMILES string of the molecule is O=C(OC[C@@H]1CCCN2CCCC[C@H]12)[C@@H]1CCCCN1. The molecule has 0 amide bonds. The van der Waals surface area contributed by atoms with Gasteiger partial charge in [0.05, 0.1) is 6.61 Å². The largest absolute Gasteiger partial charge is 0.464 e. The summed E-state index contributed by atoms with van der Waals surface area (Å²) in [6.07, 6.45) is 9.75. The Bertz CT molecular complexity index is 326. The van der Waals surface area contributed by atoms with Gasteiger partial charge < -0.3 is 10.1 Å². The summed E-state index contributed by atoms with van der Waals surface area (Å²) in [5.41, 5.74) is 0. The number of hydrogen-bond donors (Lipinski definition) is 1. The molecule has 3 rings (SSSR count). The fraction of sp³-hybridized carbons (Fsp3) is 0.938. The zero-order chi connectivity index (χ0) is 13.8. The number of ether oxygens (including phenoxy) is 1. The molecule has 0 radical (unpaired) electrons. The summed E-state index contributed by atoms with van der Waals surface area (Å²) in [6, 6.07) is 0.624. The molecule has 0 unspecified atom stereocenters. The number of rotatable bonds is 3. The van der Waals surface area contributed by atoms with Crippen LogP contribution in [0.3, 0.4) is 0 Å². The smallest absolute Gasteiger partial charge is 0.323 e. The molecular weight excluding hydrogens is 252 g/mol. The molecule has 0 aromatic carbocycles. The number of fused-ring (bicyclic) bond motifs is 1. The van der Waals surface area contributed by atoms with E-state index in [4.69, 9.17) is 4.74 Å². The first kappa shape index (κ1) is 14.3. The minimum Gasteiger partial charge on any atom is -0.464 e.